The Balaban J connectivity index is 1.56. The highest BCUT2D eigenvalue weighted by atomic mass is 15.1. The molecule has 0 aliphatic carbocycles. The van der Waals surface area contributed by atoms with E-state index in [1.165, 1.54) is 45.3 Å². The van der Waals surface area contributed by atoms with Gasteiger partial charge in [0.1, 0.15) is 0 Å². The largest absolute Gasteiger partial charge is 0.347 e. The lowest BCUT2D eigenvalue weighted by Gasteiger charge is -2.19. The highest BCUT2D eigenvalue weighted by molar-refractivity contribution is 4.92. The fraction of sp³-hybridized carbons (Fsp3) is 0.750. The predicted octanol–water partition coefficient (Wildman–Crippen LogP) is 1.38. The van der Waals surface area contributed by atoms with Gasteiger partial charge >= 0.3 is 0 Å². The number of aromatic nitrogens is 2. The molecule has 1 saturated heterocycles. The van der Waals surface area contributed by atoms with E-state index in [4.69, 9.17) is 0 Å². The first kappa shape index (κ1) is 11.6. The van der Waals surface area contributed by atoms with E-state index in [-0.39, 0.29) is 0 Å². The Hall–Kier alpha value is -0.870. The van der Waals surface area contributed by atoms with Crippen molar-refractivity contribution in [3.8, 4) is 0 Å². The molecule has 0 bridgehead atoms. The maximum atomic E-state index is 4.00. The van der Waals surface area contributed by atoms with Gasteiger partial charge in [-0.05, 0) is 25.9 Å². The van der Waals surface area contributed by atoms with E-state index >= 15 is 0 Å². The molecular weight excluding hydrogens is 200 g/mol. The maximum Gasteiger partial charge on any atom is 0.0922 e. The van der Waals surface area contributed by atoms with Gasteiger partial charge in [0, 0.05) is 31.5 Å². The zero-order valence-electron chi connectivity index (χ0n) is 9.91. The number of rotatable bonds is 5. The van der Waals surface area contributed by atoms with Crippen molar-refractivity contribution in [1.29, 1.82) is 0 Å². The first-order valence-corrected chi connectivity index (χ1v) is 6.35. The highest BCUT2D eigenvalue weighted by Gasteiger charge is 2.07. The molecule has 90 valence electrons. The second-order valence-electron chi connectivity index (χ2n) is 4.51. The zero-order valence-corrected chi connectivity index (χ0v) is 9.91. The molecule has 2 rings (SSSR count). The SMILES string of the molecule is c1ncc(CNCCN2CCCCCC2)[nH]1. The molecule has 4 nitrogen and oxygen atoms in total. The lowest BCUT2D eigenvalue weighted by molar-refractivity contribution is 0.284. The molecule has 1 aromatic rings. The molecule has 1 aromatic heterocycles. The molecule has 0 atom stereocenters. The molecule has 0 unspecified atom stereocenters. The van der Waals surface area contributed by atoms with E-state index in [9.17, 15) is 0 Å². The molecule has 4 heteroatoms. The second-order valence-corrected chi connectivity index (χ2v) is 4.51. The first-order valence-electron chi connectivity index (χ1n) is 6.35. The number of H-pyrrole nitrogens is 1. The van der Waals surface area contributed by atoms with Crippen LogP contribution in [0.25, 0.3) is 0 Å². The van der Waals surface area contributed by atoms with Gasteiger partial charge in [0.15, 0.2) is 0 Å². The monoisotopic (exact) mass is 222 g/mol. The molecule has 0 spiro atoms. The predicted molar refractivity (Wildman–Crippen MR) is 65.2 cm³/mol. The fourth-order valence-corrected chi connectivity index (χ4v) is 2.20. The average molecular weight is 222 g/mol. The normalized spacial score (nSPS) is 18.5. The number of nitrogens with zero attached hydrogens (tertiary/aromatic N) is 2. The summed E-state index contributed by atoms with van der Waals surface area (Å²) in [4.78, 5) is 9.67. The minimum Gasteiger partial charge on any atom is -0.347 e. The highest BCUT2D eigenvalue weighted by Crippen LogP contribution is 2.08. The van der Waals surface area contributed by atoms with Crippen molar-refractivity contribution in [2.45, 2.75) is 32.2 Å². The Labute approximate surface area is 97.4 Å². The molecule has 0 aromatic carbocycles. The van der Waals surface area contributed by atoms with Crippen molar-refractivity contribution in [2.24, 2.45) is 0 Å². The van der Waals surface area contributed by atoms with E-state index in [1.807, 2.05) is 6.20 Å². The molecule has 2 heterocycles. The van der Waals surface area contributed by atoms with E-state index in [0.29, 0.717) is 0 Å². The summed E-state index contributed by atoms with van der Waals surface area (Å²) in [6, 6.07) is 0. The van der Waals surface area contributed by atoms with Gasteiger partial charge in [-0.1, -0.05) is 12.8 Å². The summed E-state index contributed by atoms with van der Waals surface area (Å²) in [6.45, 7) is 5.71. The van der Waals surface area contributed by atoms with Crippen LogP contribution in [-0.4, -0.2) is 41.0 Å². The summed E-state index contributed by atoms with van der Waals surface area (Å²) in [5, 5.41) is 3.44. The standard InChI is InChI=1S/C12H22N4/c1-2-4-7-16(6-3-1)8-5-13-9-12-10-14-11-15-12/h10-11,13H,1-9H2,(H,14,15). The van der Waals surface area contributed by atoms with Gasteiger partial charge in [0.2, 0.25) is 0 Å². The van der Waals surface area contributed by atoms with Gasteiger partial charge < -0.3 is 15.2 Å². The van der Waals surface area contributed by atoms with Crippen LogP contribution in [0, 0.1) is 0 Å². The molecule has 1 aliphatic heterocycles. The van der Waals surface area contributed by atoms with E-state index in [0.717, 1.165) is 18.8 Å². The lowest BCUT2D eigenvalue weighted by atomic mass is 10.2. The Bertz CT molecular complexity index is 263. The van der Waals surface area contributed by atoms with E-state index in [2.05, 4.69) is 20.2 Å². The van der Waals surface area contributed by atoms with Gasteiger partial charge in [-0.25, -0.2) is 4.98 Å². The van der Waals surface area contributed by atoms with E-state index in [1.54, 1.807) is 6.33 Å². The van der Waals surface area contributed by atoms with Gasteiger partial charge in [0.25, 0.3) is 0 Å². The molecule has 0 saturated carbocycles. The molecule has 0 radical (unpaired) electrons. The molecule has 2 N–H and O–H groups in total. The molecule has 0 amide bonds. The van der Waals surface area contributed by atoms with Gasteiger partial charge in [-0.3, -0.25) is 0 Å². The Morgan fingerprint density at radius 2 is 2.06 bits per heavy atom. The summed E-state index contributed by atoms with van der Waals surface area (Å²) >= 11 is 0. The minimum absolute atomic E-state index is 0.897. The Morgan fingerprint density at radius 1 is 1.25 bits per heavy atom. The topological polar surface area (TPSA) is 44.0 Å². The molecule has 16 heavy (non-hydrogen) atoms. The number of imidazole rings is 1. The Morgan fingerprint density at radius 3 is 2.75 bits per heavy atom. The van der Waals surface area contributed by atoms with Crippen LogP contribution < -0.4 is 5.32 Å². The Kier molecular flexibility index (Phi) is 4.83. The third-order valence-electron chi connectivity index (χ3n) is 3.17. The number of nitrogens with one attached hydrogen (secondary N) is 2. The minimum atomic E-state index is 0.897. The van der Waals surface area contributed by atoms with Crippen molar-refractivity contribution in [1.82, 2.24) is 20.2 Å². The number of likely N-dealkylation sites (tertiary alicyclic amines) is 1. The van der Waals surface area contributed by atoms with Crippen LogP contribution in [0.4, 0.5) is 0 Å². The third kappa shape index (κ3) is 3.94. The van der Waals surface area contributed by atoms with Crippen LogP contribution in [0.15, 0.2) is 12.5 Å². The summed E-state index contributed by atoms with van der Waals surface area (Å²) in [5.41, 5.74) is 1.16. The summed E-state index contributed by atoms with van der Waals surface area (Å²) < 4.78 is 0. The first-order chi connectivity index (χ1) is 7.95. The van der Waals surface area contributed by atoms with Crippen molar-refractivity contribution >= 4 is 0 Å². The van der Waals surface area contributed by atoms with Crippen LogP contribution >= 0.6 is 0 Å². The van der Waals surface area contributed by atoms with Crippen LogP contribution in [-0.2, 0) is 6.54 Å². The molecular formula is C12H22N4. The zero-order chi connectivity index (χ0) is 11.1. The van der Waals surface area contributed by atoms with Crippen LogP contribution in [0.5, 0.6) is 0 Å². The van der Waals surface area contributed by atoms with Crippen molar-refractivity contribution in [2.75, 3.05) is 26.2 Å². The van der Waals surface area contributed by atoms with Crippen molar-refractivity contribution in [3.63, 3.8) is 0 Å². The molecule has 1 fully saturated rings. The average Bonchev–Trinajstić information content (AvgIpc) is 2.68. The summed E-state index contributed by atoms with van der Waals surface area (Å²) in [5.74, 6) is 0. The quantitative estimate of drug-likeness (QED) is 0.740. The third-order valence-corrected chi connectivity index (χ3v) is 3.17. The van der Waals surface area contributed by atoms with Crippen LogP contribution in [0.1, 0.15) is 31.4 Å². The second kappa shape index (κ2) is 6.66. The van der Waals surface area contributed by atoms with Gasteiger partial charge in [0.05, 0.1) is 6.33 Å². The number of hydrogen-bond acceptors (Lipinski definition) is 3. The van der Waals surface area contributed by atoms with Crippen LogP contribution in [0.2, 0.25) is 0 Å². The van der Waals surface area contributed by atoms with Crippen molar-refractivity contribution in [3.05, 3.63) is 18.2 Å². The number of hydrogen-bond donors (Lipinski definition) is 2. The van der Waals surface area contributed by atoms with Gasteiger partial charge in [-0.15, -0.1) is 0 Å². The molecule has 1 aliphatic rings. The lowest BCUT2D eigenvalue weighted by Crippen LogP contribution is -2.32. The summed E-state index contributed by atoms with van der Waals surface area (Å²) in [6.07, 6.45) is 9.18. The van der Waals surface area contributed by atoms with Crippen molar-refractivity contribution < 1.29 is 0 Å². The van der Waals surface area contributed by atoms with Crippen LogP contribution in [0.3, 0.4) is 0 Å². The fourth-order valence-electron chi connectivity index (χ4n) is 2.20. The smallest absolute Gasteiger partial charge is 0.0922 e. The maximum absolute atomic E-state index is 4.00. The van der Waals surface area contributed by atoms with Gasteiger partial charge in [-0.2, -0.15) is 0 Å². The van der Waals surface area contributed by atoms with E-state index < -0.39 is 0 Å². The number of aromatic amines is 1. The summed E-state index contributed by atoms with van der Waals surface area (Å²) in [7, 11) is 0.